The first-order valence-corrected chi connectivity index (χ1v) is 4.57. The van der Waals surface area contributed by atoms with Crippen molar-refractivity contribution in [2.75, 3.05) is 0 Å². The SMILES string of the molecule is O=C(/C=N/O)Cc1ccc(Br)c(F)c1. The van der Waals surface area contributed by atoms with Gasteiger partial charge in [-0.2, -0.15) is 0 Å². The largest absolute Gasteiger partial charge is 0.411 e. The molecule has 0 saturated carbocycles. The van der Waals surface area contributed by atoms with Crippen LogP contribution in [-0.2, 0) is 11.2 Å². The van der Waals surface area contributed by atoms with Crippen molar-refractivity contribution in [3.8, 4) is 0 Å². The summed E-state index contributed by atoms with van der Waals surface area (Å²) in [6, 6.07) is 4.40. The average molecular weight is 260 g/mol. The number of benzene rings is 1. The normalized spacial score (nSPS) is 10.7. The molecule has 0 atom stereocenters. The molecular weight excluding hydrogens is 253 g/mol. The fourth-order valence-corrected chi connectivity index (χ4v) is 1.21. The van der Waals surface area contributed by atoms with E-state index in [0.717, 1.165) is 6.21 Å². The third kappa shape index (κ3) is 2.92. The summed E-state index contributed by atoms with van der Waals surface area (Å²) in [5, 5.41) is 10.7. The number of ketones is 1. The Morgan fingerprint density at radius 1 is 1.64 bits per heavy atom. The van der Waals surface area contributed by atoms with E-state index >= 15 is 0 Å². The summed E-state index contributed by atoms with van der Waals surface area (Å²) in [5.41, 5.74) is 0.538. The van der Waals surface area contributed by atoms with Crippen molar-refractivity contribution in [3.63, 3.8) is 0 Å². The maximum atomic E-state index is 13.0. The molecule has 14 heavy (non-hydrogen) atoms. The number of hydrogen-bond donors (Lipinski definition) is 1. The molecule has 0 heterocycles. The van der Waals surface area contributed by atoms with Crippen LogP contribution >= 0.6 is 15.9 Å². The Hall–Kier alpha value is -1.23. The number of rotatable bonds is 3. The quantitative estimate of drug-likeness (QED) is 0.514. The Balaban J connectivity index is 2.78. The molecule has 1 aromatic rings. The van der Waals surface area contributed by atoms with Gasteiger partial charge in [-0.25, -0.2) is 4.39 Å². The Kier molecular flexibility index (Phi) is 3.76. The molecule has 0 unspecified atom stereocenters. The number of hydrogen-bond acceptors (Lipinski definition) is 3. The third-order valence-corrected chi connectivity index (χ3v) is 2.21. The van der Waals surface area contributed by atoms with Crippen molar-refractivity contribution in [2.24, 2.45) is 5.16 Å². The molecule has 1 aromatic carbocycles. The highest BCUT2D eigenvalue weighted by Gasteiger charge is 2.04. The van der Waals surface area contributed by atoms with Crippen LogP contribution in [0.4, 0.5) is 4.39 Å². The van der Waals surface area contributed by atoms with Gasteiger partial charge in [0.15, 0.2) is 5.78 Å². The van der Waals surface area contributed by atoms with Crippen molar-refractivity contribution >= 4 is 27.9 Å². The van der Waals surface area contributed by atoms with Crippen LogP contribution in [0.25, 0.3) is 0 Å². The Morgan fingerprint density at radius 3 is 2.93 bits per heavy atom. The van der Waals surface area contributed by atoms with Crippen molar-refractivity contribution in [1.29, 1.82) is 0 Å². The first-order chi connectivity index (χ1) is 6.63. The van der Waals surface area contributed by atoms with E-state index < -0.39 is 5.82 Å². The molecule has 0 aromatic heterocycles. The van der Waals surface area contributed by atoms with Crippen molar-refractivity contribution in [3.05, 3.63) is 34.1 Å². The minimum atomic E-state index is -0.420. The minimum Gasteiger partial charge on any atom is -0.411 e. The first-order valence-electron chi connectivity index (χ1n) is 3.77. The van der Waals surface area contributed by atoms with E-state index in [-0.39, 0.29) is 12.2 Å². The van der Waals surface area contributed by atoms with Crippen LogP contribution < -0.4 is 0 Å². The standard InChI is InChI=1S/C9H7BrFNO2/c10-8-2-1-6(4-9(8)11)3-7(13)5-12-14/h1-2,4-5,14H,3H2/b12-5+. The second-order valence-corrected chi connectivity index (χ2v) is 3.49. The number of carbonyl (C=O) groups is 1. The predicted octanol–water partition coefficient (Wildman–Crippen LogP) is 2.16. The molecule has 0 aliphatic heterocycles. The van der Waals surface area contributed by atoms with Gasteiger partial charge >= 0.3 is 0 Å². The van der Waals surface area contributed by atoms with Gasteiger partial charge in [0.2, 0.25) is 0 Å². The van der Waals surface area contributed by atoms with Gasteiger partial charge in [0, 0.05) is 6.42 Å². The second kappa shape index (κ2) is 4.85. The van der Waals surface area contributed by atoms with Gasteiger partial charge < -0.3 is 5.21 Å². The Morgan fingerprint density at radius 2 is 2.36 bits per heavy atom. The van der Waals surface area contributed by atoms with Crippen LogP contribution in [0, 0.1) is 5.82 Å². The van der Waals surface area contributed by atoms with Gasteiger partial charge in [0.05, 0.1) is 4.47 Å². The number of Topliss-reactive ketones (excluding diaryl/α,β-unsaturated/α-hetero) is 1. The predicted molar refractivity (Wildman–Crippen MR) is 53.1 cm³/mol. The lowest BCUT2D eigenvalue weighted by Crippen LogP contribution is -2.03. The highest BCUT2D eigenvalue weighted by atomic mass is 79.9. The summed E-state index contributed by atoms with van der Waals surface area (Å²) in [6.45, 7) is 0. The summed E-state index contributed by atoms with van der Waals surface area (Å²) in [7, 11) is 0. The fraction of sp³-hybridized carbons (Fsp3) is 0.111. The zero-order valence-corrected chi connectivity index (χ0v) is 8.66. The number of halogens is 2. The molecule has 3 nitrogen and oxygen atoms in total. The Bertz CT molecular complexity index is 379. The summed E-state index contributed by atoms with van der Waals surface area (Å²) in [6.07, 6.45) is 0.814. The van der Waals surface area contributed by atoms with E-state index in [1.54, 1.807) is 6.07 Å². The summed E-state index contributed by atoms with van der Waals surface area (Å²) in [4.78, 5) is 11.0. The van der Waals surface area contributed by atoms with Gasteiger partial charge in [-0.15, -0.1) is 0 Å². The monoisotopic (exact) mass is 259 g/mol. The molecule has 0 spiro atoms. The smallest absolute Gasteiger partial charge is 0.181 e. The lowest BCUT2D eigenvalue weighted by atomic mass is 10.1. The van der Waals surface area contributed by atoms with E-state index in [0.29, 0.717) is 10.0 Å². The number of oxime groups is 1. The minimum absolute atomic E-state index is 0.0221. The zero-order valence-electron chi connectivity index (χ0n) is 7.08. The van der Waals surface area contributed by atoms with Gasteiger partial charge in [0.25, 0.3) is 0 Å². The average Bonchev–Trinajstić information content (AvgIpc) is 2.12. The highest BCUT2D eigenvalue weighted by Crippen LogP contribution is 2.16. The molecule has 0 fully saturated rings. The highest BCUT2D eigenvalue weighted by molar-refractivity contribution is 9.10. The summed E-state index contributed by atoms with van der Waals surface area (Å²) >= 11 is 3.00. The molecule has 5 heteroatoms. The molecule has 1 rings (SSSR count). The maximum Gasteiger partial charge on any atom is 0.181 e. The van der Waals surface area contributed by atoms with E-state index in [4.69, 9.17) is 5.21 Å². The van der Waals surface area contributed by atoms with Crippen LogP contribution in [0.5, 0.6) is 0 Å². The van der Waals surface area contributed by atoms with Crippen molar-refractivity contribution in [2.45, 2.75) is 6.42 Å². The maximum absolute atomic E-state index is 13.0. The van der Waals surface area contributed by atoms with E-state index in [9.17, 15) is 9.18 Å². The topological polar surface area (TPSA) is 49.7 Å². The lowest BCUT2D eigenvalue weighted by Gasteiger charge is -1.98. The Labute approximate surface area is 88.4 Å². The van der Waals surface area contributed by atoms with Crippen molar-refractivity contribution < 1.29 is 14.4 Å². The number of nitrogens with zero attached hydrogens (tertiary/aromatic N) is 1. The van der Waals surface area contributed by atoms with Crippen LogP contribution in [0.15, 0.2) is 27.8 Å². The van der Waals surface area contributed by atoms with Crippen LogP contribution in [0.3, 0.4) is 0 Å². The van der Waals surface area contributed by atoms with Crippen molar-refractivity contribution in [1.82, 2.24) is 0 Å². The van der Waals surface area contributed by atoms with E-state index in [2.05, 4.69) is 21.1 Å². The van der Waals surface area contributed by atoms with E-state index in [1.165, 1.54) is 12.1 Å². The van der Waals surface area contributed by atoms with Gasteiger partial charge in [-0.1, -0.05) is 11.2 Å². The van der Waals surface area contributed by atoms with Gasteiger partial charge in [0.1, 0.15) is 12.0 Å². The molecule has 0 aliphatic carbocycles. The van der Waals surface area contributed by atoms with Gasteiger partial charge in [-0.05, 0) is 33.6 Å². The molecule has 74 valence electrons. The lowest BCUT2D eigenvalue weighted by molar-refractivity contribution is -0.112. The van der Waals surface area contributed by atoms with Crippen LogP contribution in [-0.4, -0.2) is 17.2 Å². The second-order valence-electron chi connectivity index (χ2n) is 2.64. The first kappa shape index (κ1) is 10.8. The molecule has 0 amide bonds. The molecular formula is C9H7BrFNO2. The van der Waals surface area contributed by atoms with Gasteiger partial charge in [-0.3, -0.25) is 4.79 Å². The number of carbonyl (C=O) groups excluding carboxylic acids is 1. The van der Waals surface area contributed by atoms with Crippen LogP contribution in [0.1, 0.15) is 5.56 Å². The molecule has 0 aliphatic rings. The van der Waals surface area contributed by atoms with E-state index in [1.807, 2.05) is 0 Å². The molecule has 0 bridgehead atoms. The molecule has 1 N–H and O–H groups in total. The molecule has 0 saturated heterocycles. The third-order valence-electron chi connectivity index (χ3n) is 1.56. The summed E-state index contributed by atoms with van der Waals surface area (Å²) in [5.74, 6) is -0.801. The van der Waals surface area contributed by atoms with Crippen LogP contribution in [0.2, 0.25) is 0 Å². The fourth-order valence-electron chi connectivity index (χ4n) is 0.961. The summed E-state index contributed by atoms with van der Waals surface area (Å²) < 4.78 is 13.3. The molecule has 0 radical (unpaired) electrons. The zero-order chi connectivity index (χ0) is 10.6.